The zero-order chi connectivity index (χ0) is 19.8. The van der Waals surface area contributed by atoms with Crippen molar-refractivity contribution in [1.82, 2.24) is 14.8 Å². The molecule has 0 radical (unpaired) electrons. The second-order valence-corrected chi connectivity index (χ2v) is 7.47. The molecule has 0 aromatic carbocycles. The van der Waals surface area contributed by atoms with Crippen LogP contribution in [0.15, 0.2) is 16.5 Å². The fourth-order valence-corrected chi connectivity index (χ4v) is 3.96. The van der Waals surface area contributed by atoms with E-state index in [1.54, 1.807) is 17.0 Å². The molecule has 9 heteroatoms. The van der Waals surface area contributed by atoms with E-state index in [9.17, 15) is 9.59 Å². The molecule has 0 spiro atoms. The van der Waals surface area contributed by atoms with E-state index in [0.717, 1.165) is 31.8 Å². The predicted molar refractivity (Wildman–Crippen MR) is 103 cm³/mol. The van der Waals surface area contributed by atoms with Crippen LogP contribution in [0, 0.1) is 6.92 Å². The van der Waals surface area contributed by atoms with Gasteiger partial charge in [0.2, 0.25) is 11.5 Å². The number of hydrogen-bond donors (Lipinski definition) is 2. The minimum Gasteiger partial charge on any atom is -0.430 e. The first-order valence-corrected chi connectivity index (χ1v) is 9.54. The predicted octanol–water partition coefficient (Wildman–Crippen LogP) is 1.56. The zero-order valence-corrected chi connectivity index (χ0v) is 16.1. The summed E-state index contributed by atoms with van der Waals surface area (Å²) in [6.45, 7) is 7.66. The molecule has 2 aliphatic rings. The van der Waals surface area contributed by atoms with Crippen molar-refractivity contribution in [3.63, 3.8) is 0 Å². The molecule has 0 saturated carbocycles. The Morgan fingerprint density at radius 2 is 2.11 bits per heavy atom. The molecule has 150 valence electrons. The van der Waals surface area contributed by atoms with E-state index in [-0.39, 0.29) is 29.3 Å². The lowest BCUT2D eigenvalue weighted by Crippen LogP contribution is -2.48. The lowest BCUT2D eigenvalue weighted by Gasteiger charge is -2.35. The molecule has 3 N–H and O–H groups in total. The highest BCUT2D eigenvalue weighted by Gasteiger charge is 2.33. The number of carbonyl (C=O) groups excluding carboxylic acids is 2. The highest BCUT2D eigenvalue weighted by Crippen LogP contribution is 2.30. The Morgan fingerprint density at radius 3 is 2.86 bits per heavy atom. The van der Waals surface area contributed by atoms with E-state index in [2.05, 4.69) is 22.1 Å². The van der Waals surface area contributed by atoms with Gasteiger partial charge >= 0.3 is 6.03 Å². The summed E-state index contributed by atoms with van der Waals surface area (Å²) in [5, 5.41) is 3.38. The van der Waals surface area contributed by atoms with Crippen LogP contribution < -0.4 is 11.1 Å². The number of amides is 3. The average Bonchev–Trinajstić information content (AvgIpc) is 3.27. The van der Waals surface area contributed by atoms with Gasteiger partial charge in [0.25, 0.3) is 5.91 Å². The number of carbonyl (C=O) groups is 2. The number of pyridine rings is 1. The Bertz CT molecular complexity index is 911. The number of furan rings is 1. The summed E-state index contributed by atoms with van der Waals surface area (Å²) in [5.41, 5.74) is 6.75. The second-order valence-electron chi connectivity index (χ2n) is 7.47. The molecular formula is C19H25N5O4. The largest absolute Gasteiger partial charge is 0.430 e. The number of ether oxygens (including phenoxy) is 1. The number of likely N-dealkylation sites (tertiary alicyclic amines) is 1. The number of anilines is 1. The standard InChI is InChI=1S/C19H25N5O4/c1-11-3-4-14-15(16(17(20)25)28-18(14)21-11)22-19(26)24-6-5-13(10-24)23-7-8-27-12(2)9-23/h3-4,12-13H,5-10H2,1-2H3,(H2,20,25)(H,22,26)/t12-,13-/m1/s1. The maximum atomic E-state index is 12.8. The van der Waals surface area contributed by atoms with Crippen LogP contribution in [-0.4, -0.2) is 71.7 Å². The molecule has 4 rings (SSSR count). The smallest absolute Gasteiger partial charge is 0.322 e. The highest BCUT2D eigenvalue weighted by molar-refractivity contribution is 6.09. The summed E-state index contributed by atoms with van der Waals surface area (Å²) >= 11 is 0. The van der Waals surface area contributed by atoms with E-state index in [0.29, 0.717) is 24.5 Å². The van der Waals surface area contributed by atoms with Gasteiger partial charge in [0, 0.05) is 37.9 Å². The van der Waals surface area contributed by atoms with E-state index in [1.165, 1.54) is 0 Å². The van der Waals surface area contributed by atoms with Crippen molar-refractivity contribution in [2.45, 2.75) is 32.4 Å². The third-order valence-electron chi connectivity index (χ3n) is 5.39. The van der Waals surface area contributed by atoms with E-state index >= 15 is 0 Å². The van der Waals surface area contributed by atoms with Crippen molar-refractivity contribution in [2.75, 3.05) is 38.1 Å². The Kier molecular flexibility index (Phi) is 4.94. The van der Waals surface area contributed by atoms with Crippen LogP contribution in [0.3, 0.4) is 0 Å². The van der Waals surface area contributed by atoms with Crippen molar-refractivity contribution in [3.05, 3.63) is 23.6 Å². The van der Waals surface area contributed by atoms with Crippen LogP contribution in [0.25, 0.3) is 11.1 Å². The van der Waals surface area contributed by atoms with Gasteiger partial charge in [-0.1, -0.05) is 0 Å². The second kappa shape index (κ2) is 7.40. The maximum absolute atomic E-state index is 12.8. The quantitative estimate of drug-likeness (QED) is 0.826. The minimum atomic E-state index is -0.743. The van der Waals surface area contributed by atoms with Crippen molar-refractivity contribution in [2.24, 2.45) is 5.73 Å². The Labute approximate surface area is 162 Å². The number of nitrogens with two attached hydrogens (primary N) is 1. The zero-order valence-electron chi connectivity index (χ0n) is 16.1. The molecule has 0 unspecified atom stereocenters. The average molecular weight is 387 g/mol. The molecule has 2 aromatic heterocycles. The van der Waals surface area contributed by atoms with Crippen LogP contribution in [0.5, 0.6) is 0 Å². The molecule has 3 amide bonds. The van der Waals surface area contributed by atoms with Crippen LogP contribution in [0.1, 0.15) is 29.6 Å². The lowest BCUT2D eigenvalue weighted by molar-refractivity contribution is -0.0319. The van der Waals surface area contributed by atoms with E-state index in [4.69, 9.17) is 14.9 Å². The Hall–Kier alpha value is -2.65. The first kappa shape index (κ1) is 18.7. The molecule has 2 aromatic rings. The van der Waals surface area contributed by atoms with Gasteiger partial charge in [-0.25, -0.2) is 9.78 Å². The van der Waals surface area contributed by atoms with Gasteiger partial charge in [0.05, 0.1) is 18.1 Å². The van der Waals surface area contributed by atoms with Crippen LogP contribution in [0.4, 0.5) is 10.5 Å². The summed E-state index contributed by atoms with van der Waals surface area (Å²) in [5.74, 6) is -0.827. The number of aromatic nitrogens is 1. The normalized spacial score (nSPS) is 23.3. The fraction of sp³-hybridized carbons (Fsp3) is 0.526. The van der Waals surface area contributed by atoms with Crippen molar-refractivity contribution in [1.29, 1.82) is 0 Å². The molecule has 4 heterocycles. The number of morpholine rings is 1. The van der Waals surface area contributed by atoms with Gasteiger partial charge in [0.15, 0.2) is 0 Å². The topological polar surface area (TPSA) is 114 Å². The molecule has 2 aliphatic heterocycles. The van der Waals surface area contributed by atoms with Crippen LogP contribution in [-0.2, 0) is 4.74 Å². The minimum absolute atomic E-state index is 0.0841. The SMILES string of the molecule is Cc1ccc2c(NC(=O)N3CC[C@@H](N4CCO[C@H](C)C4)C3)c(C(N)=O)oc2n1. The summed E-state index contributed by atoms with van der Waals surface area (Å²) in [6, 6.07) is 3.61. The Morgan fingerprint density at radius 1 is 1.29 bits per heavy atom. The number of urea groups is 1. The number of nitrogens with zero attached hydrogens (tertiary/aromatic N) is 3. The number of rotatable bonds is 3. The van der Waals surface area contributed by atoms with Crippen molar-refractivity contribution < 1.29 is 18.7 Å². The number of aryl methyl sites for hydroxylation is 1. The summed E-state index contributed by atoms with van der Waals surface area (Å²) in [7, 11) is 0. The number of nitrogens with one attached hydrogen (secondary N) is 1. The number of fused-ring (bicyclic) bond motifs is 1. The monoisotopic (exact) mass is 387 g/mol. The third-order valence-corrected chi connectivity index (χ3v) is 5.39. The number of primary amides is 1. The molecule has 2 saturated heterocycles. The van der Waals surface area contributed by atoms with Crippen molar-refractivity contribution >= 4 is 28.7 Å². The fourth-order valence-electron chi connectivity index (χ4n) is 3.96. The van der Waals surface area contributed by atoms with E-state index in [1.807, 2.05) is 6.92 Å². The van der Waals surface area contributed by atoms with Gasteiger partial charge < -0.3 is 25.1 Å². The number of hydrogen-bond acceptors (Lipinski definition) is 6. The van der Waals surface area contributed by atoms with Gasteiger partial charge in [-0.15, -0.1) is 0 Å². The summed E-state index contributed by atoms with van der Waals surface area (Å²) in [4.78, 5) is 33.0. The first-order valence-electron chi connectivity index (χ1n) is 9.54. The summed E-state index contributed by atoms with van der Waals surface area (Å²) < 4.78 is 11.1. The lowest BCUT2D eigenvalue weighted by atomic mass is 10.2. The molecule has 9 nitrogen and oxygen atoms in total. The molecule has 2 atom stereocenters. The van der Waals surface area contributed by atoms with Crippen molar-refractivity contribution in [3.8, 4) is 0 Å². The Balaban J connectivity index is 1.50. The molecule has 28 heavy (non-hydrogen) atoms. The maximum Gasteiger partial charge on any atom is 0.322 e. The van der Waals surface area contributed by atoms with Crippen LogP contribution in [0.2, 0.25) is 0 Å². The molecular weight excluding hydrogens is 362 g/mol. The summed E-state index contributed by atoms with van der Waals surface area (Å²) in [6.07, 6.45) is 1.12. The molecule has 0 bridgehead atoms. The van der Waals surface area contributed by atoms with Gasteiger partial charge in [0.1, 0.15) is 5.69 Å². The van der Waals surface area contributed by atoms with E-state index < -0.39 is 5.91 Å². The molecule has 2 fully saturated rings. The van der Waals surface area contributed by atoms with Gasteiger partial charge in [-0.3, -0.25) is 9.69 Å². The highest BCUT2D eigenvalue weighted by atomic mass is 16.5. The van der Waals surface area contributed by atoms with Gasteiger partial charge in [-0.05, 0) is 32.4 Å². The first-order chi connectivity index (χ1) is 13.4. The third kappa shape index (κ3) is 3.55. The van der Waals surface area contributed by atoms with Gasteiger partial charge in [-0.2, -0.15) is 0 Å². The molecule has 0 aliphatic carbocycles. The van der Waals surface area contributed by atoms with Crippen LogP contribution >= 0.6 is 0 Å².